The average Bonchev–Trinajstić information content (AvgIpc) is 2.46. The van der Waals surface area contributed by atoms with Crippen LogP contribution in [0.25, 0.3) is 11.1 Å². The summed E-state index contributed by atoms with van der Waals surface area (Å²) >= 11 is 0. The first kappa shape index (κ1) is 13.5. The molecule has 0 unspecified atom stereocenters. The van der Waals surface area contributed by atoms with Crippen LogP contribution in [0.1, 0.15) is 22.8 Å². The molecule has 96 valence electrons. The van der Waals surface area contributed by atoms with E-state index in [1.54, 1.807) is 18.2 Å². The second kappa shape index (κ2) is 5.82. The van der Waals surface area contributed by atoms with Crippen molar-refractivity contribution in [3.63, 3.8) is 0 Å². The Hall–Kier alpha value is -1.91. The van der Waals surface area contributed by atoms with Crippen LogP contribution in [0, 0.1) is 0 Å². The molecule has 0 bridgehead atoms. The molecule has 3 nitrogen and oxygen atoms in total. The Balaban J connectivity index is 2.42. The zero-order valence-corrected chi connectivity index (χ0v) is 10.7. The molecule has 0 fully saturated rings. The second-order valence-corrected chi connectivity index (χ2v) is 4.39. The van der Waals surface area contributed by atoms with E-state index in [9.17, 15) is 4.79 Å². The first-order chi connectivity index (χ1) is 9.15. The molecule has 0 saturated heterocycles. The van der Waals surface area contributed by atoms with Gasteiger partial charge in [-0.3, -0.25) is 4.79 Å². The third kappa shape index (κ3) is 2.92. The molecule has 19 heavy (non-hydrogen) atoms. The van der Waals surface area contributed by atoms with Gasteiger partial charge in [0.1, 0.15) is 6.29 Å². The lowest BCUT2D eigenvalue weighted by molar-refractivity contribution is 0.112. The molecule has 2 aromatic carbocycles. The highest BCUT2D eigenvalue weighted by Gasteiger charge is 2.16. The molecule has 2 rings (SSSR count). The standard InChI is InChI=1S/C15H15BO3/c1-2-11-3-5-12(6-4-11)13-7-8-15(16(18)19)14(9-13)10-17/h3-10,18-19H,2H2,1H3. The van der Waals surface area contributed by atoms with Gasteiger partial charge in [0.2, 0.25) is 0 Å². The minimum atomic E-state index is -1.63. The van der Waals surface area contributed by atoms with Crippen molar-refractivity contribution in [3.05, 3.63) is 53.6 Å². The van der Waals surface area contributed by atoms with E-state index >= 15 is 0 Å². The quantitative estimate of drug-likeness (QED) is 0.640. The maximum Gasteiger partial charge on any atom is 0.489 e. The summed E-state index contributed by atoms with van der Waals surface area (Å²) in [6.07, 6.45) is 1.62. The van der Waals surface area contributed by atoms with Crippen molar-refractivity contribution in [2.45, 2.75) is 13.3 Å². The molecule has 4 heteroatoms. The Kier molecular flexibility index (Phi) is 4.15. The summed E-state index contributed by atoms with van der Waals surface area (Å²) in [7, 11) is -1.63. The number of rotatable bonds is 4. The van der Waals surface area contributed by atoms with E-state index < -0.39 is 7.12 Å². The molecule has 0 atom stereocenters. The summed E-state index contributed by atoms with van der Waals surface area (Å²) in [4.78, 5) is 11.0. The Labute approximate surface area is 112 Å². The monoisotopic (exact) mass is 254 g/mol. The molecular formula is C15H15BO3. The zero-order valence-electron chi connectivity index (χ0n) is 10.7. The Bertz CT molecular complexity index is 576. The lowest BCUT2D eigenvalue weighted by Gasteiger charge is -2.08. The van der Waals surface area contributed by atoms with Crippen LogP contribution in [0.4, 0.5) is 0 Å². The molecule has 0 spiro atoms. The fourth-order valence-electron chi connectivity index (χ4n) is 2.02. The van der Waals surface area contributed by atoms with Crippen molar-refractivity contribution in [3.8, 4) is 11.1 Å². The molecule has 0 amide bonds. The SMILES string of the molecule is CCc1ccc(-c2ccc(B(O)O)c(C=O)c2)cc1. The van der Waals surface area contributed by atoms with Crippen molar-refractivity contribution in [1.82, 2.24) is 0 Å². The van der Waals surface area contributed by atoms with E-state index in [1.807, 2.05) is 24.3 Å². The predicted octanol–water partition coefficient (Wildman–Crippen LogP) is 1.41. The summed E-state index contributed by atoms with van der Waals surface area (Å²) in [6, 6.07) is 13.1. The Morgan fingerprint density at radius 3 is 2.21 bits per heavy atom. The number of carbonyl (C=O) groups excluding carboxylic acids is 1. The molecule has 2 aromatic rings. The normalized spacial score (nSPS) is 10.3. The molecule has 0 aromatic heterocycles. The summed E-state index contributed by atoms with van der Waals surface area (Å²) in [5.41, 5.74) is 3.66. The van der Waals surface area contributed by atoms with Crippen LogP contribution >= 0.6 is 0 Å². The van der Waals surface area contributed by atoms with Crippen LogP contribution in [-0.2, 0) is 6.42 Å². The molecule has 0 aliphatic rings. The topological polar surface area (TPSA) is 57.5 Å². The minimum absolute atomic E-state index is 0.226. The smallest absolute Gasteiger partial charge is 0.423 e. The van der Waals surface area contributed by atoms with Gasteiger partial charge < -0.3 is 10.0 Å². The first-order valence-corrected chi connectivity index (χ1v) is 6.20. The highest BCUT2D eigenvalue weighted by atomic mass is 16.4. The number of benzene rings is 2. The van der Waals surface area contributed by atoms with Gasteiger partial charge in [0.15, 0.2) is 0 Å². The van der Waals surface area contributed by atoms with Gasteiger partial charge in [-0.25, -0.2) is 0 Å². The average molecular weight is 254 g/mol. The van der Waals surface area contributed by atoms with Crippen molar-refractivity contribution in [2.24, 2.45) is 0 Å². The molecule has 0 aliphatic heterocycles. The number of aldehydes is 1. The van der Waals surface area contributed by atoms with E-state index in [0.717, 1.165) is 17.5 Å². The Morgan fingerprint density at radius 1 is 1.05 bits per heavy atom. The van der Waals surface area contributed by atoms with Crippen LogP contribution < -0.4 is 5.46 Å². The fourth-order valence-corrected chi connectivity index (χ4v) is 2.02. The van der Waals surface area contributed by atoms with E-state index in [0.29, 0.717) is 11.8 Å². The predicted molar refractivity (Wildman–Crippen MR) is 76.5 cm³/mol. The van der Waals surface area contributed by atoms with Gasteiger partial charge in [0, 0.05) is 5.56 Å². The van der Waals surface area contributed by atoms with Crippen LogP contribution in [0.5, 0.6) is 0 Å². The molecule has 0 heterocycles. The van der Waals surface area contributed by atoms with Crippen molar-refractivity contribution >= 4 is 18.9 Å². The number of hydrogen-bond donors (Lipinski definition) is 2. The largest absolute Gasteiger partial charge is 0.489 e. The summed E-state index contributed by atoms with van der Waals surface area (Å²) in [5.74, 6) is 0. The molecule has 0 aliphatic carbocycles. The highest BCUT2D eigenvalue weighted by molar-refractivity contribution is 6.60. The second-order valence-electron chi connectivity index (χ2n) is 4.39. The third-order valence-corrected chi connectivity index (χ3v) is 3.19. The van der Waals surface area contributed by atoms with Gasteiger partial charge in [-0.05, 0) is 34.6 Å². The van der Waals surface area contributed by atoms with Crippen LogP contribution in [-0.4, -0.2) is 23.5 Å². The molecule has 2 N–H and O–H groups in total. The summed E-state index contributed by atoms with van der Waals surface area (Å²) < 4.78 is 0. The first-order valence-electron chi connectivity index (χ1n) is 6.20. The maximum absolute atomic E-state index is 11.0. The van der Waals surface area contributed by atoms with Crippen molar-refractivity contribution in [1.29, 1.82) is 0 Å². The molecular weight excluding hydrogens is 239 g/mol. The van der Waals surface area contributed by atoms with Gasteiger partial charge in [-0.1, -0.05) is 43.3 Å². The van der Waals surface area contributed by atoms with E-state index in [-0.39, 0.29) is 5.46 Å². The van der Waals surface area contributed by atoms with Gasteiger partial charge in [-0.2, -0.15) is 0 Å². The van der Waals surface area contributed by atoms with Gasteiger partial charge in [-0.15, -0.1) is 0 Å². The minimum Gasteiger partial charge on any atom is -0.423 e. The lowest BCUT2D eigenvalue weighted by Crippen LogP contribution is -2.32. The lowest BCUT2D eigenvalue weighted by atomic mass is 9.76. The fraction of sp³-hybridized carbons (Fsp3) is 0.133. The Morgan fingerprint density at radius 2 is 1.68 bits per heavy atom. The number of hydrogen-bond acceptors (Lipinski definition) is 3. The molecule has 0 radical (unpaired) electrons. The number of aryl methyl sites for hydroxylation is 1. The van der Waals surface area contributed by atoms with Crippen LogP contribution in [0.2, 0.25) is 0 Å². The molecule has 0 saturated carbocycles. The highest BCUT2D eigenvalue weighted by Crippen LogP contribution is 2.20. The zero-order chi connectivity index (χ0) is 13.8. The van der Waals surface area contributed by atoms with Crippen molar-refractivity contribution in [2.75, 3.05) is 0 Å². The van der Waals surface area contributed by atoms with E-state index in [1.165, 1.54) is 5.56 Å². The van der Waals surface area contributed by atoms with Gasteiger partial charge in [0.25, 0.3) is 0 Å². The summed E-state index contributed by atoms with van der Waals surface area (Å²) in [6.45, 7) is 2.09. The van der Waals surface area contributed by atoms with Gasteiger partial charge >= 0.3 is 7.12 Å². The maximum atomic E-state index is 11.0. The third-order valence-electron chi connectivity index (χ3n) is 3.19. The van der Waals surface area contributed by atoms with Crippen LogP contribution in [0.3, 0.4) is 0 Å². The summed E-state index contributed by atoms with van der Waals surface area (Å²) in [5, 5.41) is 18.3. The van der Waals surface area contributed by atoms with Crippen molar-refractivity contribution < 1.29 is 14.8 Å². The van der Waals surface area contributed by atoms with Crippen LogP contribution in [0.15, 0.2) is 42.5 Å². The van der Waals surface area contributed by atoms with E-state index in [4.69, 9.17) is 10.0 Å². The number of carbonyl (C=O) groups is 1. The van der Waals surface area contributed by atoms with E-state index in [2.05, 4.69) is 6.92 Å². The van der Waals surface area contributed by atoms with Gasteiger partial charge in [0.05, 0.1) is 0 Å².